The number of piperidine rings is 1. The molecule has 1 heterocycles. The minimum atomic E-state index is -4.70. The van der Waals surface area contributed by atoms with E-state index in [0.717, 1.165) is 0 Å². The van der Waals surface area contributed by atoms with Gasteiger partial charge in [0.2, 0.25) is 5.91 Å². The standard InChI is InChI=1S/C13H15F3N2O2/c14-13(15,16)20-11-3-1-2-10(8-11)18-6-4-9(5-7-18)12(17)19/h1-3,8-9H,4-7H2,(H2,17,19). The van der Waals surface area contributed by atoms with E-state index in [1.54, 1.807) is 6.07 Å². The second-order valence-corrected chi connectivity index (χ2v) is 4.71. The predicted octanol–water partition coefficient (Wildman–Crippen LogP) is 2.29. The minimum absolute atomic E-state index is 0.152. The van der Waals surface area contributed by atoms with E-state index < -0.39 is 6.36 Å². The molecule has 110 valence electrons. The number of alkyl halides is 3. The van der Waals surface area contributed by atoms with E-state index in [0.29, 0.717) is 31.6 Å². The highest BCUT2D eigenvalue weighted by atomic mass is 19.4. The fourth-order valence-electron chi connectivity index (χ4n) is 2.30. The number of ether oxygens (including phenoxy) is 1. The number of hydrogen-bond donors (Lipinski definition) is 1. The molecule has 1 aromatic rings. The second kappa shape index (κ2) is 5.60. The zero-order chi connectivity index (χ0) is 14.8. The van der Waals surface area contributed by atoms with Gasteiger partial charge in [0.1, 0.15) is 5.75 Å². The van der Waals surface area contributed by atoms with Crippen LogP contribution in [0.25, 0.3) is 0 Å². The topological polar surface area (TPSA) is 55.6 Å². The lowest BCUT2D eigenvalue weighted by atomic mass is 9.96. The molecule has 4 nitrogen and oxygen atoms in total. The monoisotopic (exact) mass is 288 g/mol. The lowest BCUT2D eigenvalue weighted by Gasteiger charge is -2.32. The van der Waals surface area contributed by atoms with Gasteiger partial charge in [-0.1, -0.05) is 6.07 Å². The van der Waals surface area contributed by atoms with Gasteiger partial charge in [0.05, 0.1) is 0 Å². The first-order valence-corrected chi connectivity index (χ1v) is 6.25. The Morgan fingerprint density at radius 1 is 1.30 bits per heavy atom. The van der Waals surface area contributed by atoms with Gasteiger partial charge in [0, 0.05) is 30.8 Å². The lowest BCUT2D eigenvalue weighted by molar-refractivity contribution is -0.274. The Kier molecular flexibility index (Phi) is 4.06. The summed E-state index contributed by atoms with van der Waals surface area (Å²) in [5.41, 5.74) is 5.89. The molecule has 1 aliphatic rings. The quantitative estimate of drug-likeness (QED) is 0.928. The number of rotatable bonds is 3. The van der Waals surface area contributed by atoms with Gasteiger partial charge >= 0.3 is 6.36 Å². The zero-order valence-electron chi connectivity index (χ0n) is 10.7. The third-order valence-electron chi connectivity index (χ3n) is 3.31. The summed E-state index contributed by atoms with van der Waals surface area (Å²) >= 11 is 0. The summed E-state index contributed by atoms with van der Waals surface area (Å²) in [6.07, 6.45) is -3.48. The molecular weight excluding hydrogens is 273 g/mol. The van der Waals surface area contributed by atoms with Crippen molar-refractivity contribution in [3.8, 4) is 5.75 Å². The van der Waals surface area contributed by atoms with E-state index in [1.165, 1.54) is 18.2 Å². The van der Waals surface area contributed by atoms with E-state index in [9.17, 15) is 18.0 Å². The van der Waals surface area contributed by atoms with Gasteiger partial charge in [0.25, 0.3) is 0 Å². The summed E-state index contributed by atoms with van der Waals surface area (Å²) in [4.78, 5) is 13.0. The van der Waals surface area contributed by atoms with Crippen molar-refractivity contribution in [2.75, 3.05) is 18.0 Å². The lowest BCUT2D eigenvalue weighted by Crippen LogP contribution is -2.38. The van der Waals surface area contributed by atoms with E-state index >= 15 is 0 Å². The van der Waals surface area contributed by atoms with Crippen LogP contribution in [-0.2, 0) is 4.79 Å². The first-order chi connectivity index (χ1) is 9.35. The van der Waals surface area contributed by atoms with Crippen LogP contribution in [0.4, 0.5) is 18.9 Å². The highest BCUT2D eigenvalue weighted by Gasteiger charge is 2.31. The van der Waals surface area contributed by atoms with E-state index in [-0.39, 0.29) is 17.6 Å². The maximum absolute atomic E-state index is 12.2. The highest BCUT2D eigenvalue weighted by Crippen LogP contribution is 2.29. The first-order valence-electron chi connectivity index (χ1n) is 6.25. The molecule has 1 amide bonds. The molecule has 0 aromatic heterocycles. The number of carbonyl (C=O) groups is 1. The summed E-state index contributed by atoms with van der Waals surface area (Å²) < 4.78 is 40.4. The molecule has 0 aliphatic carbocycles. The van der Waals surface area contributed by atoms with Crippen LogP contribution in [0, 0.1) is 5.92 Å². The number of benzene rings is 1. The van der Waals surface area contributed by atoms with Crippen LogP contribution in [-0.4, -0.2) is 25.4 Å². The third kappa shape index (κ3) is 3.79. The van der Waals surface area contributed by atoms with Gasteiger partial charge < -0.3 is 15.4 Å². The molecule has 0 bridgehead atoms. The van der Waals surface area contributed by atoms with Crippen LogP contribution < -0.4 is 15.4 Å². The van der Waals surface area contributed by atoms with E-state index in [1.807, 2.05) is 4.90 Å². The van der Waals surface area contributed by atoms with Crippen LogP contribution in [0.1, 0.15) is 12.8 Å². The average Bonchev–Trinajstić information content (AvgIpc) is 2.37. The number of hydrogen-bond acceptors (Lipinski definition) is 3. The van der Waals surface area contributed by atoms with Crippen molar-refractivity contribution in [2.24, 2.45) is 11.7 Å². The highest BCUT2D eigenvalue weighted by molar-refractivity contribution is 5.77. The molecule has 0 radical (unpaired) electrons. The molecule has 0 saturated carbocycles. The molecule has 20 heavy (non-hydrogen) atoms. The fourth-order valence-corrected chi connectivity index (χ4v) is 2.30. The maximum atomic E-state index is 12.2. The number of nitrogens with zero attached hydrogens (tertiary/aromatic N) is 1. The fraction of sp³-hybridized carbons (Fsp3) is 0.462. The number of halogens is 3. The molecule has 1 aromatic carbocycles. The van der Waals surface area contributed by atoms with Crippen LogP contribution in [0.3, 0.4) is 0 Å². The van der Waals surface area contributed by atoms with Gasteiger partial charge in [-0.05, 0) is 25.0 Å². The number of nitrogens with two attached hydrogens (primary N) is 1. The minimum Gasteiger partial charge on any atom is -0.406 e. The Hall–Kier alpha value is -1.92. The molecule has 1 fully saturated rings. The van der Waals surface area contributed by atoms with Crippen LogP contribution >= 0.6 is 0 Å². The Labute approximate surface area is 114 Å². The van der Waals surface area contributed by atoms with Crippen molar-refractivity contribution in [3.05, 3.63) is 24.3 Å². The van der Waals surface area contributed by atoms with Gasteiger partial charge in [-0.25, -0.2) is 0 Å². The summed E-state index contributed by atoms with van der Waals surface area (Å²) in [5.74, 6) is -0.716. The average molecular weight is 288 g/mol. The first kappa shape index (κ1) is 14.5. The van der Waals surface area contributed by atoms with Crippen molar-refractivity contribution in [3.63, 3.8) is 0 Å². The normalized spacial score (nSPS) is 17.1. The predicted molar refractivity (Wildman–Crippen MR) is 67.3 cm³/mol. The Morgan fingerprint density at radius 3 is 2.50 bits per heavy atom. The van der Waals surface area contributed by atoms with Crippen molar-refractivity contribution >= 4 is 11.6 Å². The number of carbonyl (C=O) groups excluding carboxylic acids is 1. The van der Waals surface area contributed by atoms with Crippen molar-refractivity contribution in [2.45, 2.75) is 19.2 Å². The number of primary amides is 1. The number of anilines is 1. The SMILES string of the molecule is NC(=O)C1CCN(c2cccc(OC(F)(F)F)c2)CC1. The smallest absolute Gasteiger partial charge is 0.406 e. The van der Waals surface area contributed by atoms with Crippen molar-refractivity contribution in [1.82, 2.24) is 0 Å². The second-order valence-electron chi connectivity index (χ2n) is 4.71. The summed E-state index contributed by atoms with van der Waals surface area (Å²) in [5, 5.41) is 0. The van der Waals surface area contributed by atoms with Gasteiger partial charge in [0.15, 0.2) is 0 Å². The molecule has 2 N–H and O–H groups in total. The maximum Gasteiger partial charge on any atom is 0.573 e. The van der Waals surface area contributed by atoms with E-state index in [2.05, 4.69) is 4.74 Å². The third-order valence-corrected chi connectivity index (χ3v) is 3.31. The van der Waals surface area contributed by atoms with Crippen LogP contribution in [0.5, 0.6) is 5.75 Å². The Bertz CT molecular complexity index is 483. The molecule has 0 atom stereocenters. The van der Waals surface area contributed by atoms with Crippen molar-refractivity contribution < 1.29 is 22.7 Å². The van der Waals surface area contributed by atoms with E-state index in [4.69, 9.17) is 5.73 Å². The molecule has 0 unspecified atom stereocenters. The summed E-state index contributed by atoms with van der Waals surface area (Å²) in [6, 6.07) is 5.83. The molecule has 0 spiro atoms. The largest absolute Gasteiger partial charge is 0.573 e. The Balaban J connectivity index is 2.03. The molecule has 1 aliphatic heterocycles. The van der Waals surface area contributed by atoms with Gasteiger partial charge in [-0.2, -0.15) is 0 Å². The molecule has 2 rings (SSSR count). The van der Waals surface area contributed by atoms with Gasteiger partial charge in [-0.15, -0.1) is 13.2 Å². The van der Waals surface area contributed by atoms with Crippen molar-refractivity contribution in [1.29, 1.82) is 0 Å². The molecule has 1 saturated heterocycles. The van der Waals surface area contributed by atoms with Gasteiger partial charge in [-0.3, -0.25) is 4.79 Å². The summed E-state index contributed by atoms with van der Waals surface area (Å²) in [6.45, 7) is 1.17. The summed E-state index contributed by atoms with van der Waals surface area (Å²) in [7, 11) is 0. The molecule has 7 heteroatoms. The zero-order valence-corrected chi connectivity index (χ0v) is 10.7. The van der Waals surface area contributed by atoms with Crippen LogP contribution in [0.15, 0.2) is 24.3 Å². The molecular formula is C13H15F3N2O2. The van der Waals surface area contributed by atoms with Crippen LogP contribution in [0.2, 0.25) is 0 Å². The Morgan fingerprint density at radius 2 is 1.95 bits per heavy atom. The number of amides is 1.